The normalized spacial score (nSPS) is 12.3. The molecule has 0 spiro atoms. The van der Waals surface area contributed by atoms with Crippen LogP contribution in [0.3, 0.4) is 0 Å². The van der Waals surface area contributed by atoms with Gasteiger partial charge in [0.2, 0.25) is 0 Å². The summed E-state index contributed by atoms with van der Waals surface area (Å²) >= 11 is 4.33. The molecule has 0 fully saturated rings. The van der Waals surface area contributed by atoms with Crippen molar-refractivity contribution in [2.24, 2.45) is 11.8 Å². The molecule has 1 rings (SSSR count). The smallest absolute Gasteiger partial charge is 0.338 e. The van der Waals surface area contributed by atoms with Crippen molar-refractivity contribution in [2.45, 2.75) is 20.8 Å². The van der Waals surface area contributed by atoms with Crippen LogP contribution in [0.1, 0.15) is 31.1 Å². The van der Waals surface area contributed by atoms with Gasteiger partial charge in [-0.1, -0.05) is 13.8 Å². The van der Waals surface area contributed by atoms with Gasteiger partial charge in [-0.2, -0.15) is 12.6 Å². The number of hydrogen-bond acceptors (Lipinski definition) is 4. The van der Waals surface area contributed by atoms with Gasteiger partial charge in [0, 0.05) is 5.92 Å². The molecule has 0 N–H and O–H groups in total. The van der Waals surface area contributed by atoms with Gasteiger partial charge in [-0.15, -0.1) is 0 Å². The minimum atomic E-state index is -0.301. The molecule has 0 aromatic heterocycles. The third kappa shape index (κ3) is 5.15. The highest BCUT2D eigenvalue weighted by molar-refractivity contribution is 7.80. The SMILES string of the molecule is CCOC(=O)c1ccc(OCC(CS)C(C)C)cc1. The van der Waals surface area contributed by atoms with Crippen LogP contribution in [0, 0.1) is 11.8 Å². The Balaban J connectivity index is 2.55. The zero-order valence-electron chi connectivity index (χ0n) is 11.8. The van der Waals surface area contributed by atoms with Crippen LogP contribution >= 0.6 is 12.6 Å². The summed E-state index contributed by atoms with van der Waals surface area (Å²) in [7, 11) is 0. The largest absolute Gasteiger partial charge is 0.493 e. The molecule has 0 heterocycles. The number of carbonyl (C=O) groups is 1. The maximum atomic E-state index is 11.5. The Morgan fingerprint density at radius 2 is 1.89 bits per heavy atom. The van der Waals surface area contributed by atoms with E-state index in [0.29, 0.717) is 30.6 Å². The molecule has 0 saturated heterocycles. The minimum absolute atomic E-state index is 0.301. The lowest BCUT2D eigenvalue weighted by Crippen LogP contribution is -2.19. The van der Waals surface area contributed by atoms with Crippen molar-refractivity contribution in [1.29, 1.82) is 0 Å². The number of ether oxygens (including phenoxy) is 2. The maximum Gasteiger partial charge on any atom is 0.338 e. The van der Waals surface area contributed by atoms with Crippen molar-refractivity contribution >= 4 is 18.6 Å². The van der Waals surface area contributed by atoms with E-state index in [2.05, 4.69) is 26.5 Å². The second-order valence-electron chi connectivity index (χ2n) is 4.74. The van der Waals surface area contributed by atoms with E-state index in [4.69, 9.17) is 9.47 Å². The van der Waals surface area contributed by atoms with Gasteiger partial charge in [0.15, 0.2) is 0 Å². The first-order chi connectivity index (χ1) is 9.08. The summed E-state index contributed by atoms with van der Waals surface area (Å²) in [4.78, 5) is 11.5. The molecule has 0 amide bonds. The summed E-state index contributed by atoms with van der Waals surface area (Å²) in [6, 6.07) is 7.03. The zero-order chi connectivity index (χ0) is 14.3. The van der Waals surface area contributed by atoms with Gasteiger partial charge in [-0.05, 0) is 42.9 Å². The molecular weight excluding hydrogens is 260 g/mol. The van der Waals surface area contributed by atoms with E-state index in [9.17, 15) is 4.79 Å². The van der Waals surface area contributed by atoms with Crippen LogP contribution in [-0.4, -0.2) is 24.9 Å². The molecule has 0 aliphatic rings. The summed E-state index contributed by atoms with van der Waals surface area (Å²) in [6.45, 7) is 7.14. The lowest BCUT2D eigenvalue weighted by atomic mass is 9.99. The van der Waals surface area contributed by atoms with E-state index >= 15 is 0 Å². The van der Waals surface area contributed by atoms with Crippen molar-refractivity contribution in [3.05, 3.63) is 29.8 Å². The van der Waals surface area contributed by atoms with E-state index in [1.54, 1.807) is 31.2 Å². The molecule has 1 aromatic carbocycles. The van der Waals surface area contributed by atoms with Crippen LogP contribution in [0.15, 0.2) is 24.3 Å². The molecule has 0 saturated carbocycles. The molecule has 1 aromatic rings. The maximum absolute atomic E-state index is 11.5. The van der Waals surface area contributed by atoms with Crippen molar-refractivity contribution in [3.63, 3.8) is 0 Å². The molecule has 0 radical (unpaired) electrons. The average molecular weight is 282 g/mol. The Morgan fingerprint density at radius 3 is 2.37 bits per heavy atom. The Labute approximate surface area is 120 Å². The van der Waals surface area contributed by atoms with Crippen LogP contribution in [-0.2, 0) is 4.74 Å². The molecule has 4 heteroatoms. The van der Waals surface area contributed by atoms with Gasteiger partial charge < -0.3 is 9.47 Å². The Hall–Kier alpha value is -1.16. The highest BCUT2D eigenvalue weighted by Gasteiger charge is 2.12. The third-order valence-corrected chi connectivity index (χ3v) is 3.48. The van der Waals surface area contributed by atoms with E-state index in [0.717, 1.165) is 11.5 Å². The Kier molecular flexibility index (Phi) is 6.78. The summed E-state index contributed by atoms with van der Waals surface area (Å²) in [6.07, 6.45) is 0. The van der Waals surface area contributed by atoms with E-state index < -0.39 is 0 Å². The topological polar surface area (TPSA) is 35.5 Å². The van der Waals surface area contributed by atoms with Gasteiger partial charge in [0.05, 0.1) is 18.8 Å². The number of thiol groups is 1. The van der Waals surface area contributed by atoms with Gasteiger partial charge in [0.25, 0.3) is 0 Å². The standard InChI is InChI=1S/C15H22O3S/c1-4-17-15(16)12-5-7-14(8-6-12)18-9-13(10-19)11(2)3/h5-8,11,13,19H,4,9-10H2,1-3H3. The van der Waals surface area contributed by atoms with Gasteiger partial charge in [-0.25, -0.2) is 4.79 Å². The Morgan fingerprint density at radius 1 is 1.26 bits per heavy atom. The van der Waals surface area contributed by atoms with Crippen LogP contribution in [0.2, 0.25) is 0 Å². The van der Waals surface area contributed by atoms with Crippen LogP contribution in [0.5, 0.6) is 5.75 Å². The first kappa shape index (κ1) is 15.9. The molecule has 3 nitrogen and oxygen atoms in total. The summed E-state index contributed by atoms with van der Waals surface area (Å²) in [5.41, 5.74) is 0.545. The molecule has 1 atom stereocenters. The van der Waals surface area contributed by atoms with Crippen molar-refractivity contribution in [2.75, 3.05) is 19.0 Å². The highest BCUT2D eigenvalue weighted by Crippen LogP contribution is 2.17. The fourth-order valence-corrected chi connectivity index (χ4v) is 2.09. The predicted molar refractivity (Wildman–Crippen MR) is 80.1 cm³/mol. The number of esters is 1. The van der Waals surface area contributed by atoms with E-state index in [1.165, 1.54) is 0 Å². The summed E-state index contributed by atoms with van der Waals surface area (Å²) in [5, 5.41) is 0. The van der Waals surface area contributed by atoms with Gasteiger partial charge in [-0.3, -0.25) is 0 Å². The molecule has 1 unspecified atom stereocenters. The fraction of sp³-hybridized carbons (Fsp3) is 0.533. The van der Waals surface area contributed by atoms with Gasteiger partial charge in [0.1, 0.15) is 5.75 Å². The van der Waals surface area contributed by atoms with Crippen LogP contribution < -0.4 is 4.74 Å². The molecule has 0 aliphatic heterocycles. The number of hydrogen-bond donors (Lipinski definition) is 1. The average Bonchev–Trinajstić information content (AvgIpc) is 2.40. The number of carbonyl (C=O) groups excluding carboxylic acids is 1. The second kappa shape index (κ2) is 8.10. The second-order valence-corrected chi connectivity index (χ2v) is 5.11. The lowest BCUT2D eigenvalue weighted by Gasteiger charge is -2.19. The molecule has 0 bridgehead atoms. The number of benzene rings is 1. The highest BCUT2D eigenvalue weighted by atomic mass is 32.1. The monoisotopic (exact) mass is 282 g/mol. The molecule has 0 aliphatic carbocycles. The quantitative estimate of drug-likeness (QED) is 0.614. The summed E-state index contributed by atoms with van der Waals surface area (Å²) < 4.78 is 10.6. The molecular formula is C15H22O3S. The van der Waals surface area contributed by atoms with Gasteiger partial charge >= 0.3 is 5.97 Å². The van der Waals surface area contributed by atoms with E-state index in [1.807, 2.05) is 0 Å². The minimum Gasteiger partial charge on any atom is -0.493 e. The lowest BCUT2D eigenvalue weighted by molar-refractivity contribution is 0.0526. The third-order valence-electron chi connectivity index (χ3n) is 3.01. The fourth-order valence-electron chi connectivity index (χ4n) is 1.56. The van der Waals surface area contributed by atoms with Crippen LogP contribution in [0.4, 0.5) is 0 Å². The first-order valence-corrected chi connectivity index (χ1v) is 7.22. The van der Waals surface area contributed by atoms with Crippen LogP contribution in [0.25, 0.3) is 0 Å². The molecule has 106 valence electrons. The van der Waals surface area contributed by atoms with Crippen molar-refractivity contribution in [1.82, 2.24) is 0 Å². The zero-order valence-corrected chi connectivity index (χ0v) is 12.7. The van der Waals surface area contributed by atoms with Crippen molar-refractivity contribution < 1.29 is 14.3 Å². The summed E-state index contributed by atoms with van der Waals surface area (Å²) in [5.74, 6) is 2.23. The van der Waals surface area contributed by atoms with Crippen molar-refractivity contribution in [3.8, 4) is 5.75 Å². The predicted octanol–water partition coefficient (Wildman–Crippen LogP) is 3.44. The number of rotatable bonds is 7. The van der Waals surface area contributed by atoms with E-state index in [-0.39, 0.29) is 5.97 Å². The Bertz CT molecular complexity index is 387. The first-order valence-electron chi connectivity index (χ1n) is 6.59. The molecule has 19 heavy (non-hydrogen) atoms.